The number of rotatable bonds is 1. The number of amides is 1. The summed E-state index contributed by atoms with van der Waals surface area (Å²) in [5.41, 5.74) is 0.830. The van der Waals surface area contributed by atoms with Crippen LogP contribution < -0.4 is 4.90 Å². The number of nitrogens with zero attached hydrogens (tertiary/aromatic N) is 1. The quantitative estimate of drug-likeness (QED) is 0.551. The first-order chi connectivity index (χ1) is 7.24. The zero-order valence-corrected chi connectivity index (χ0v) is 9.77. The van der Waals surface area contributed by atoms with Crippen molar-refractivity contribution < 1.29 is 4.79 Å². The van der Waals surface area contributed by atoms with Gasteiger partial charge >= 0.3 is 0 Å². The maximum Gasteiger partial charge on any atom is 0.270 e. The van der Waals surface area contributed by atoms with Crippen LogP contribution in [0.5, 0.6) is 0 Å². The normalized spacial score (nSPS) is 19.0. The number of thioether (sulfide) groups is 1. The molecule has 2 rings (SSSR count). The molecule has 1 aromatic carbocycles. The first-order valence-electron chi connectivity index (χ1n) is 4.51. The van der Waals surface area contributed by atoms with Crippen molar-refractivity contribution in [1.29, 1.82) is 0 Å². The Morgan fingerprint density at radius 1 is 1.33 bits per heavy atom. The molecule has 0 atom stereocenters. The molecule has 1 saturated heterocycles. The van der Waals surface area contributed by atoms with Crippen LogP contribution in [0, 0.1) is 0 Å². The maximum atomic E-state index is 11.9. The van der Waals surface area contributed by atoms with Crippen molar-refractivity contribution in [2.45, 2.75) is 6.92 Å². The van der Waals surface area contributed by atoms with E-state index in [1.807, 2.05) is 37.3 Å². The SMILES string of the molecule is C/C=C1\SC(=S)N(c2ccccc2)C1=O. The van der Waals surface area contributed by atoms with E-state index in [2.05, 4.69) is 0 Å². The number of para-hydroxylation sites is 1. The Hall–Kier alpha value is -1.13. The minimum absolute atomic E-state index is 0.0290. The van der Waals surface area contributed by atoms with Gasteiger partial charge in [-0.25, -0.2) is 0 Å². The minimum Gasteiger partial charge on any atom is -0.268 e. The van der Waals surface area contributed by atoms with E-state index in [1.54, 1.807) is 11.0 Å². The zero-order chi connectivity index (χ0) is 10.8. The lowest BCUT2D eigenvalue weighted by Gasteiger charge is -2.13. The van der Waals surface area contributed by atoms with Gasteiger partial charge < -0.3 is 0 Å². The third-order valence-corrected chi connectivity index (χ3v) is 3.49. The Balaban J connectivity index is 2.40. The standard InChI is InChI=1S/C11H9NOS2/c1-2-9-10(13)12(11(14)15-9)8-6-4-3-5-7-8/h2-7H,1H3/b9-2-. The predicted molar refractivity (Wildman–Crippen MR) is 67.9 cm³/mol. The van der Waals surface area contributed by atoms with Gasteiger partial charge in [-0.15, -0.1) is 0 Å². The number of allylic oxidation sites excluding steroid dienone is 1. The van der Waals surface area contributed by atoms with Gasteiger partial charge in [0.2, 0.25) is 0 Å². The molecule has 0 bridgehead atoms. The summed E-state index contributed by atoms with van der Waals surface area (Å²) in [4.78, 5) is 14.2. The Labute approximate surface area is 98.0 Å². The molecule has 0 N–H and O–H groups in total. The average Bonchev–Trinajstić information content (AvgIpc) is 2.55. The summed E-state index contributed by atoms with van der Waals surface area (Å²) in [5.74, 6) is -0.0290. The molecule has 4 heteroatoms. The summed E-state index contributed by atoms with van der Waals surface area (Å²) in [6.07, 6.45) is 1.79. The van der Waals surface area contributed by atoms with E-state index < -0.39 is 0 Å². The number of thiocarbonyl (C=S) groups is 1. The largest absolute Gasteiger partial charge is 0.270 e. The van der Waals surface area contributed by atoms with Gasteiger partial charge in [-0.1, -0.05) is 48.3 Å². The van der Waals surface area contributed by atoms with Crippen molar-refractivity contribution in [1.82, 2.24) is 0 Å². The highest BCUT2D eigenvalue weighted by Gasteiger charge is 2.32. The van der Waals surface area contributed by atoms with Crippen molar-refractivity contribution in [3.8, 4) is 0 Å². The van der Waals surface area contributed by atoms with Crippen LogP contribution in [0.3, 0.4) is 0 Å². The smallest absolute Gasteiger partial charge is 0.268 e. The van der Waals surface area contributed by atoms with Crippen LogP contribution in [0.2, 0.25) is 0 Å². The maximum absolute atomic E-state index is 11.9. The number of anilines is 1. The Morgan fingerprint density at radius 2 is 2.00 bits per heavy atom. The lowest BCUT2D eigenvalue weighted by Crippen LogP contribution is -2.27. The second-order valence-corrected chi connectivity index (χ2v) is 4.67. The summed E-state index contributed by atoms with van der Waals surface area (Å²) in [7, 11) is 0. The van der Waals surface area contributed by atoms with Crippen molar-refractivity contribution in [3.63, 3.8) is 0 Å². The van der Waals surface area contributed by atoms with Gasteiger partial charge in [-0.3, -0.25) is 9.69 Å². The van der Waals surface area contributed by atoms with Gasteiger partial charge in [0.05, 0.1) is 10.6 Å². The lowest BCUT2D eigenvalue weighted by molar-refractivity contribution is -0.113. The first kappa shape index (κ1) is 10.4. The zero-order valence-electron chi connectivity index (χ0n) is 8.14. The van der Waals surface area contributed by atoms with Crippen LogP contribution in [-0.4, -0.2) is 10.2 Å². The minimum atomic E-state index is -0.0290. The summed E-state index contributed by atoms with van der Waals surface area (Å²) in [5, 5.41) is 0. The average molecular weight is 235 g/mol. The first-order valence-corrected chi connectivity index (χ1v) is 5.74. The molecule has 1 aliphatic rings. The summed E-state index contributed by atoms with van der Waals surface area (Å²) < 4.78 is 0.597. The second kappa shape index (κ2) is 4.16. The number of benzene rings is 1. The molecule has 15 heavy (non-hydrogen) atoms. The van der Waals surface area contributed by atoms with Gasteiger partial charge in [0.1, 0.15) is 0 Å². The van der Waals surface area contributed by atoms with E-state index in [0.717, 1.165) is 5.69 Å². The van der Waals surface area contributed by atoms with Crippen molar-refractivity contribution >= 4 is 39.9 Å². The molecule has 0 saturated carbocycles. The molecule has 0 unspecified atom stereocenters. The molecule has 2 nitrogen and oxygen atoms in total. The molecule has 1 heterocycles. The van der Waals surface area contributed by atoms with Crippen molar-refractivity contribution in [2.24, 2.45) is 0 Å². The van der Waals surface area contributed by atoms with E-state index in [0.29, 0.717) is 9.23 Å². The summed E-state index contributed by atoms with van der Waals surface area (Å²) in [6.45, 7) is 1.84. The van der Waals surface area contributed by atoms with Crippen LogP contribution in [-0.2, 0) is 4.79 Å². The number of carbonyl (C=O) groups is 1. The highest BCUT2D eigenvalue weighted by atomic mass is 32.2. The monoisotopic (exact) mass is 235 g/mol. The van der Waals surface area contributed by atoms with E-state index in [4.69, 9.17) is 12.2 Å². The molecule has 0 aromatic heterocycles. The van der Waals surface area contributed by atoms with Gasteiger partial charge in [-0.05, 0) is 19.1 Å². The molecular weight excluding hydrogens is 226 g/mol. The number of hydrogen-bond acceptors (Lipinski definition) is 3. The number of hydrogen-bond donors (Lipinski definition) is 0. The summed E-state index contributed by atoms with van der Waals surface area (Å²) >= 11 is 6.52. The van der Waals surface area contributed by atoms with Crippen molar-refractivity contribution in [3.05, 3.63) is 41.3 Å². The van der Waals surface area contributed by atoms with Gasteiger partial charge in [0.25, 0.3) is 5.91 Å². The van der Waals surface area contributed by atoms with Crippen molar-refractivity contribution in [2.75, 3.05) is 4.90 Å². The molecule has 1 amide bonds. The highest BCUT2D eigenvalue weighted by molar-refractivity contribution is 8.27. The van der Waals surface area contributed by atoms with Crippen LogP contribution in [0.4, 0.5) is 5.69 Å². The Bertz CT molecular complexity index is 439. The third kappa shape index (κ3) is 1.82. The summed E-state index contributed by atoms with van der Waals surface area (Å²) in [6, 6.07) is 9.45. The van der Waals surface area contributed by atoms with Crippen LogP contribution in [0.25, 0.3) is 0 Å². The topological polar surface area (TPSA) is 20.3 Å². The lowest BCUT2D eigenvalue weighted by atomic mass is 10.3. The van der Waals surface area contributed by atoms with Crippen LogP contribution in [0.15, 0.2) is 41.3 Å². The van der Waals surface area contributed by atoms with Gasteiger partial charge in [0.15, 0.2) is 4.32 Å². The molecule has 1 fully saturated rings. The Kier molecular flexibility index (Phi) is 2.88. The second-order valence-electron chi connectivity index (χ2n) is 3.00. The molecule has 1 aliphatic heterocycles. The fourth-order valence-electron chi connectivity index (χ4n) is 1.36. The molecule has 1 aromatic rings. The van der Waals surface area contributed by atoms with Gasteiger partial charge in [0, 0.05) is 0 Å². The third-order valence-electron chi connectivity index (χ3n) is 2.07. The fourth-order valence-corrected chi connectivity index (χ4v) is 2.58. The van der Waals surface area contributed by atoms with E-state index in [1.165, 1.54) is 11.8 Å². The predicted octanol–water partition coefficient (Wildman–Crippen LogP) is 2.96. The molecule has 0 spiro atoms. The van der Waals surface area contributed by atoms with Crippen LogP contribution in [0.1, 0.15) is 6.92 Å². The van der Waals surface area contributed by atoms with E-state index in [9.17, 15) is 4.79 Å². The Morgan fingerprint density at radius 3 is 2.53 bits per heavy atom. The van der Waals surface area contributed by atoms with Gasteiger partial charge in [-0.2, -0.15) is 0 Å². The molecular formula is C11H9NOS2. The molecule has 76 valence electrons. The fraction of sp³-hybridized carbons (Fsp3) is 0.0909. The van der Waals surface area contributed by atoms with Crippen LogP contribution >= 0.6 is 24.0 Å². The van der Waals surface area contributed by atoms with E-state index >= 15 is 0 Å². The molecule has 0 aliphatic carbocycles. The molecule has 0 radical (unpaired) electrons. The van der Waals surface area contributed by atoms with E-state index in [-0.39, 0.29) is 5.91 Å². The number of carbonyl (C=O) groups excluding carboxylic acids is 1. The highest BCUT2D eigenvalue weighted by Crippen LogP contribution is 2.34.